The Kier molecular flexibility index (Phi) is 3.41. The van der Waals surface area contributed by atoms with Gasteiger partial charge in [0.05, 0.1) is 17.6 Å². The van der Waals surface area contributed by atoms with Gasteiger partial charge < -0.3 is 0 Å². The zero-order chi connectivity index (χ0) is 15.5. The standard InChI is InChI=1S/C19H14N4/c1-2-8-15(9-3-1)23-21-14-19(22-23)17-11-5-4-10-16(17)18-12-6-7-13-20-18/h1-14H. The first-order valence-corrected chi connectivity index (χ1v) is 7.40. The van der Waals surface area contributed by atoms with E-state index in [1.807, 2.05) is 66.7 Å². The van der Waals surface area contributed by atoms with Crippen molar-refractivity contribution in [1.82, 2.24) is 20.0 Å². The van der Waals surface area contributed by atoms with Crippen molar-refractivity contribution in [2.24, 2.45) is 0 Å². The molecule has 4 rings (SSSR count). The minimum atomic E-state index is 0.829. The number of hydrogen-bond donors (Lipinski definition) is 0. The summed E-state index contributed by atoms with van der Waals surface area (Å²) < 4.78 is 0. The van der Waals surface area contributed by atoms with Crippen LogP contribution in [0.3, 0.4) is 0 Å². The Morgan fingerprint density at radius 1 is 0.652 bits per heavy atom. The fourth-order valence-corrected chi connectivity index (χ4v) is 2.52. The van der Waals surface area contributed by atoms with Gasteiger partial charge in [-0.2, -0.15) is 9.90 Å². The maximum Gasteiger partial charge on any atom is 0.114 e. The third-order valence-electron chi connectivity index (χ3n) is 3.62. The molecule has 0 bridgehead atoms. The van der Waals surface area contributed by atoms with Gasteiger partial charge in [0.2, 0.25) is 0 Å². The first-order valence-electron chi connectivity index (χ1n) is 7.40. The molecule has 0 aliphatic rings. The van der Waals surface area contributed by atoms with Crippen LogP contribution in [0.5, 0.6) is 0 Å². The van der Waals surface area contributed by atoms with Gasteiger partial charge in [0.15, 0.2) is 0 Å². The number of rotatable bonds is 3. The van der Waals surface area contributed by atoms with E-state index in [0.29, 0.717) is 0 Å². The lowest BCUT2D eigenvalue weighted by atomic mass is 10.0. The molecule has 0 fully saturated rings. The Morgan fingerprint density at radius 3 is 2.09 bits per heavy atom. The maximum absolute atomic E-state index is 4.61. The Bertz CT molecular complexity index is 914. The molecule has 4 heteroatoms. The third-order valence-corrected chi connectivity index (χ3v) is 3.62. The predicted molar refractivity (Wildman–Crippen MR) is 90.0 cm³/mol. The molecule has 0 aliphatic carbocycles. The summed E-state index contributed by atoms with van der Waals surface area (Å²) in [4.78, 5) is 6.09. The molecular formula is C19H14N4. The summed E-state index contributed by atoms with van der Waals surface area (Å²) >= 11 is 0. The van der Waals surface area contributed by atoms with Crippen LogP contribution in [0.25, 0.3) is 28.2 Å². The molecular weight excluding hydrogens is 284 g/mol. The molecule has 0 aliphatic heterocycles. The van der Waals surface area contributed by atoms with E-state index in [0.717, 1.165) is 28.2 Å². The fourth-order valence-electron chi connectivity index (χ4n) is 2.52. The van der Waals surface area contributed by atoms with Crippen LogP contribution in [-0.2, 0) is 0 Å². The van der Waals surface area contributed by atoms with E-state index in [1.54, 1.807) is 17.2 Å². The van der Waals surface area contributed by atoms with Crippen molar-refractivity contribution < 1.29 is 0 Å². The molecule has 4 aromatic rings. The molecule has 0 atom stereocenters. The van der Waals surface area contributed by atoms with Crippen LogP contribution >= 0.6 is 0 Å². The number of aromatic nitrogens is 4. The Hall–Kier alpha value is -3.27. The van der Waals surface area contributed by atoms with Crippen molar-refractivity contribution >= 4 is 0 Å². The monoisotopic (exact) mass is 298 g/mol. The molecule has 4 nitrogen and oxygen atoms in total. The molecule has 2 heterocycles. The van der Waals surface area contributed by atoms with Gasteiger partial charge >= 0.3 is 0 Å². The van der Waals surface area contributed by atoms with Crippen LogP contribution in [0.2, 0.25) is 0 Å². The molecule has 0 amide bonds. The maximum atomic E-state index is 4.61. The fraction of sp³-hybridized carbons (Fsp3) is 0. The van der Waals surface area contributed by atoms with E-state index in [2.05, 4.69) is 21.2 Å². The summed E-state index contributed by atoms with van der Waals surface area (Å²) in [6.07, 6.45) is 3.59. The molecule has 2 aromatic heterocycles. The highest BCUT2D eigenvalue weighted by Gasteiger charge is 2.11. The van der Waals surface area contributed by atoms with Gasteiger partial charge in [-0.3, -0.25) is 4.98 Å². The summed E-state index contributed by atoms with van der Waals surface area (Å²) in [5, 5.41) is 9.00. The third kappa shape index (κ3) is 2.62. The number of para-hydroxylation sites is 1. The van der Waals surface area contributed by atoms with Crippen molar-refractivity contribution in [2.75, 3.05) is 0 Å². The van der Waals surface area contributed by atoms with E-state index in [1.165, 1.54) is 0 Å². The van der Waals surface area contributed by atoms with E-state index >= 15 is 0 Å². The van der Waals surface area contributed by atoms with Crippen molar-refractivity contribution in [3.8, 4) is 28.2 Å². The van der Waals surface area contributed by atoms with Gasteiger partial charge in [-0.25, -0.2) is 0 Å². The van der Waals surface area contributed by atoms with Crippen LogP contribution in [0, 0.1) is 0 Å². The quantitative estimate of drug-likeness (QED) is 0.574. The molecule has 0 spiro atoms. The summed E-state index contributed by atoms with van der Waals surface area (Å²) in [7, 11) is 0. The van der Waals surface area contributed by atoms with Crippen LogP contribution in [0.15, 0.2) is 85.2 Å². The van der Waals surface area contributed by atoms with E-state index in [4.69, 9.17) is 0 Å². The van der Waals surface area contributed by atoms with E-state index in [-0.39, 0.29) is 0 Å². The second-order valence-corrected chi connectivity index (χ2v) is 5.12. The lowest BCUT2D eigenvalue weighted by molar-refractivity contribution is 0.754. The molecule has 110 valence electrons. The van der Waals surface area contributed by atoms with Crippen molar-refractivity contribution in [1.29, 1.82) is 0 Å². The van der Waals surface area contributed by atoms with Crippen LogP contribution in [0.1, 0.15) is 0 Å². The van der Waals surface area contributed by atoms with Crippen molar-refractivity contribution in [3.63, 3.8) is 0 Å². The van der Waals surface area contributed by atoms with E-state index < -0.39 is 0 Å². The number of hydrogen-bond acceptors (Lipinski definition) is 3. The van der Waals surface area contributed by atoms with Gasteiger partial charge in [-0.05, 0) is 24.3 Å². The SMILES string of the molecule is c1ccc(-n2ncc(-c3ccccc3-c3ccccn3)n2)cc1. The summed E-state index contributed by atoms with van der Waals surface area (Å²) in [5.41, 5.74) is 4.77. The van der Waals surface area contributed by atoms with Gasteiger partial charge in [0, 0.05) is 17.3 Å². The average Bonchev–Trinajstić information content (AvgIpc) is 3.13. The van der Waals surface area contributed by atoms with Crippen LogP contribution in [0.4, 0.5) is 0 Å². The first kappa shape index (κ1) is 13.4. The normalized spacial score (nSPS) is 10.6. The highest BCUT2D eigenvalue weighted by molar-refractivity contribution is 5.79. The first-order chi connectivity index (χ1) is 11.4. The molecule has 0 radical (unpaired) electrons. The number of pyridine rings is 1. The van der Waals surface area contributed by atoms with Gasteiger partial charge in [0.25, 0.3) is 0 Å². The predicted octanol–water partition coefficient (Wildman–Crippen LogP) is 4.00. The molecule has 0 unspecified atom stereocenters. The summed E-state index contributed by atoms with van der Waals surface area (Å²) in [5.74, 6) is 0. The Balaban J connectivity index is 1.79. The zero-order valence-corrected chi connectivity index (χ0v) is 12.4. The lowest BCUT2D eigenvalue weighted by Gasteiger charge is -2.06. The smallest absolute Gasteiger partial charge is 0.114 e. The van der Waals surface area contributed by atoms with Gasteiger partial charge in [-0.15, -0.1) is 5.10 Å². The van der Waals surface area contributed by atoms with Crippen molar-refractivity contribution in [3.05, 3.63) is 85.2 Å². The average molecular weight is 298 g/mol. The second kappa shape index (κ2) is 5.85. The summed E-state index contributed by atoms with van der Waals surface area (Å²) in [6.45, 7) is 0. The number of benzene rings is 2. The zero-order valence-electron chi connectivity index (χ0n) is 12.4. The van der Waals surface area contributed by atoms with Crippen molar-refractivity contribution in [2.45, 2.75) is 0 Å². The van der Waals surface area contributed by atoms with E-state index in [9.17, 15) is 0 Å². The Labute approximate surface area is 134 Å². The lowest BCUT2D eigenvalue weighted by Crippen LogP contribution is -1.98. The van der Waals surface area contributed by atoms with Crippen LogP contribution < -0.4 is 0 Å². The number of nitrogens with zero attached hydrogens (tertiary/aromatic N) is 4. The highest BCUT2D eigenvalue weighted by atomic mass is 15.5. The molecule has 0 saturated heterocycles. The minimum Gasteiger partial charge on any atom is -0.256 e. The molecule has 0 N–H and O–H groups in total. The molecule has 2 aromatic carbocycles. The largest absolute Gasteiger partial charge is 0.256 e. The highest BCUT2D eigenvalue weighted by Crippen LogP contribution is 2.29. The van der Waals surface area contributed by atoms with Gasteiger partial charge in [-0.1, -0.05) is 48.5 Å². The van der Waals surface area contributed by atoms with Crippen LogP contribution in [-0.4, -0.2) is 20.0 Å². The Morgan fingerprint density at radius 2 is 1.35 bits per heavy atom. The molecule has 0 saturated carbocycles. The minimum absolute atomic E-state index is 0.829. The second-order valence-electron chi connectivity index (χ2n) is 5.12. The molecule has 23 heavy (non-hydrogen) atoms. The summed E-state index contributed by atoms with van der Waals surface area (Å²) in [6, 6.07) is 23.9. The van der Waals surface area contributed by atoms with Gasteiger partial charge in [0.1, 0.15) is 5.69 Å². The topological polar surface area (TPSA) is 43.6 Å².